The number of aromatic nitrogens is 2. The minimum atomic E-state index is -0.776. The molecule has 1 atom stereocenters. The van der Waals surface area contributed by atoms with Gasteiger partial charge in [0.2, 0.25) is 5.88 Å². The van der Waals surface area contributed by atoms with Gasteiger partial charge in [-0.2, -0.15) is 5.10 Å². The highest BCUT2D eigenvalue weighted by molar-refractivity contribution is 5.65. The normalized spacial score (nSPS) is 12.5. The van der Waals surface area contributed by atoms with Crippen molar-refractivity contribution in [2.45, 2.75) is 52.7 Å². The average Bonchev–Trinajstić information content (AvgIpc) is 3.09. The van der Waals surface area contributed by atoms with Crippen LogP contribution in [0.25, 0.3) is 11.3 Å². The maximum atomic E-state index is 14.4. The van der Waals surface area contributed by atoms with Gasteiger partial charge >= 0.3 is 0 Å². The molecule has 0 radical (unpaired) electrons. The fourth-order valence-corrected chi connectivity index (χ4v) is 4.09. The maximum absolute atomic E-state index is 14.4. The third kappa shape index (κ3) is 6.87. The van der Waals surface area contributed by atoms with Crippen molar-refractivity contribution in [3.8, 4) is 22.9 Å². The number of ether oxygens (including phenoxy) is 1. The minimum Gasteiger partial charge on any atom is -0.436 e. The molecule has 3 rings (SSSR count). The fourth-order valence-electron chi connectivity index (χ4n) is 4.09. The number of nitrogens with zero attached hydrogens (tertiary/aromatic N) is 3. The highest BCUT2D eigenvalue weighted by Crippen LogP contribution is 2.35. The molecule has 0 saturated carbocycles. The number of rotatable bonds is 12. The largest absolute Gasteiger partial charge is 0.436 e. The van der Waals surface area contributed by atoms with Crippen LogP contribution in [0, 0.1) is 17.6 Å². The van der Waals surface area contributed by atoms with Gasteiger partial charge in [-0.25, -0.2) is 13.5 Å². The first-order chi connectivity index (χ1) is 16.3. The molecular formula is C27H35F2N3O2. The van der Waals surface area contributed by atoms with E-state index in [4.69, 9.17) is 9.84 Å². The second-order valence-corrected chi connectivity index (χ2v) is 9.18. The highest BCUT2D eigenvalue weighted by atomic mass is 19.1. The van der Waals surface area contributed by atoms with Gasteiger partial charge in [0.25, 0.3) is 0 Å². The lowest BCUT2D eigenvalue weighted by atomic mass is 10.1. The molecule has 0 aliphatic carbocycles. The van der Waals surface area contributed by atoms with E-state index in [0.29, 0.717) is 24.9 Å². The smallest absolute Gasteiger partial charge is 0.222 e. The van der Waals surface area contributed by atoms with Crippen LogP contribution in [-0.4, -0.2) is 39.0 Å². The molecule has 184 valence electrons. The molecule has 34 heavy (non-hydrogen) atoms. The maximum Gasteiger partial charge on any atom is 0.222 e. The summed E-state index contributed by atoms with van der Waals surface area (Å²) in [6, 6.07) is 13.0. The summed E-state index contributed by atoms with van der Waals surface area (Å²) >= 11 is 0. The second kappa shape index (κ2) is 12.1. The van der Waals surface area contributed by atoms with Crippen molar-refractivity contribution in [3.63, 3.8) is 0 Å². The summed E-state index contributed by atoms with van der Waals surface area (Å²) in [7, 11) is 1.75. The standard InChI is InChI=1S/C27H35F2N3O2/c1-5-6-12-22(33)17-32(16-19(2)3)18-23-26(20-10-8-7-9-11-20)30-31(4)27(23)34-25-14-13-21(28)15-24(25)29/h7-11,13-15,19,22,33H,5-6,12,16-18H2,1-4H3. The molecule has 0 saturated heterocycles. The third-order valence-electron chi connectivity index (χ3n) is 5.60. The molecule has 5 nitrogen and oxygen atoms in total. The molecule has 1 unspecified atom stereocenters. The van der Waals surface area contributed by atoms with Crippen LogP contribution in [0.5, 0.6) is 11.6 Å². The highest BCUT2D eigenvalue weighted by Gasteiger charge is 2.24. The lowest BCUT2D eigenvalue weighted by molar-refractivity contribution is 0.0929. The first-order valence-electron chi connectivity index (χ1n) is 11.9. The number of halogens is 2. The molecule has 0 spiro atoms. The SMILES string of the molecule is CCCCC(O)CN(Cc1c(-c2ccccc2)nn(C)c1Oc1ccc(F)cc1F)CC(C)C. The summed E-state index contributed by atoms with van der Waals surface area (Å²) in [6.45, 7) is 8.15. The van der Waals surface area contributed by atoms with E-state index in [2.05, 4.69) is 25.7 Å². The number of benzene rings is 2. The van der Waals surface area contributed by atoms with E-state index in [0.717, 1.165) is 48.7 Å². The van der Waals surface area contributed by atoms with Gasteiger partial charge in [-0.05, 0) is 24.5 Å². The van der Waals surface area contributed by atoms with Crippen LogP contribution in [0.4, 0.5) is 8.78 Å². The van der Waals surface area contributed by atoms with Gasteiger partial charge in [0.15, 0.2) is 11.6 Å². The zero-order valence-electron chi connectivity index (χ0n) is 20.5. The van der Waals surface area contributed by atoms with Gasteiger partial charge in [0.05, 0.1) is 11.7 Å². The Morgan fingerprint density at radius 3 is 2.47 bits per heavy atom. The van der Waals surface area contributed by atoms with E-state index in [9.17, 15) is 13.9 Å². The number of hydrogen-bond donors (Lipinski definition) is 1. The summed E-state index contributed by atoms with van der Waals surface area (Å²) in [5.74, 6) is -0.731. The number of hydrogen-bond acceptors (Lipinski definition) is 4. The Bertz CT molecular complexity index is 1050. The van der Waals surface area contributed by atoms with Crippen molar-refractivity contribution in [2.75, 3.05) is 13.1 Å². The summed E-state index contributed by atoms with van der Waals surface area (Å²) in [5.41, 5.74) is 2.44. The van der Waals surface area contributed by atoms with E-state index in [1.807, 2.05) is 30.3 Å². The van der Waals surface area contributed by atoms with Gasteiger partial charge in [0, 0.05) is 38.3 Å². The lowest BCUT2D eigenvalue weighted by Crippen LogP contribution is -2.35. The van der Waals surface area contributed by atoms with Crippen LogP contribution in [0.15, 0.2) is 48.5 Å². The third-order valence-corrected chi connectivity index (χ3v) is 5.60. The molecule has 1 N–H and O–H groups in total. The lowest BCUT2D eigenvalue weighted by Gasteiger charge is -2.27. The molecule has 0 amide bonds. The Morgan fingerprint density at radius 1 is 1.09 bits per heavy atom. The second-order valence-electron chi connectivity index (χ2n) is 9.18. The monoisotopic (exact) mass is 471 g/mol. The first kappa shape index (κ1) is 25.8. The van der Waals surface area contributed by atoms with Crippen LogP contribution in [0.1, 0.15) is 45.6 Å². The molecule has 0 aliphatic heterocycles. The van der Waals surface area contributed by atoms with Crippen molar-refractivity contribution in [2.24, 2.45) is 13.0 Å². The average molecular weight is 472 g/mol. The molecule has 2 aromatic carbocycles. The predicted octanol–water partition coefficient (Wildman–Crippen LogP) is 6.17. The quantitative estimate of drug-likeness (QED) is 0.343. The Morgan fingerprint density at radius 2 is 1.82 bits per heavy atom. The molecule has 7 heteroatoms. The predicted molar refractivity (Wildman–Crippen MR) is 131 cm³/mol. The molecule has 0 fully saturated rings. The van der Waals surface area contributed by atoms with Crippen molar-refractivity contribution >= 4 is 0 Å². The Kier molecular flexibility index (Phi) is 9.19. The minimum absolute atomic E-state index is 0.0661. The molecule has 3 aromatic rings. The van der Waals surface area contributed by atoms with Crippen molar-refractivity contribution < 1.29 is 18.6 Å². The number of aliphatic hydroxyl groups excluding tert-OH is 1. The topological polar surface area (TPSA) is 50.5 Å². The van der Waals surface area contributed by atoms with Crippen LogP contribution in [-0.2, 0) is 13.6 Å². The van der Waals surface area contributed by atoms with Gasteiger partial charge in [-0.3, -0.25) is 4.90 Å². The van der Waals surface area contributed by atoms with Gasteiger partial charge in [-0.15, -0.1) is 0 Å². The van der Waals surface area contributed by atoms with Gasteiger partial charge < -0.3 is 9.84 Å². The molecule has 1 heterocycles. The molecule has 0 aliphatic rings. The van der Waals surface area contributed by atoms with Crippen molar-refractivity contribution in [3.05, 3.63) is 65.7 Å². The first-order valence-corrected chi connectivity index (χ1v) is 11.9. The van der Waals surface area contributed by atoms with Crippen LogP contribution in [0.3, 0.4) is 0 Å². The molecule has 1 aromatic heterocycles. The van der Waals surface area contributed by atoms with Crippen molar-refractivity contribution in [1.82, 2.24) is 14.7 Å². The zero-order chi connectivity index (χ0) is 24.7. The molecule has 0 bridgehead atoms. The van der Waals surface area contributed by atoms with Gasteiger partial charge in [-0.1, -0.05) is 63.9 Å². The number of unbranched alkanes of at least 4 members (excludes halogenated alkanes) is 1. The van der Waals surface area contributed by atoms with E-state index in [1.165, 1.54) is 12.1 Å². The van der Waals surface area contributed by atoms with E-state index in [1.54, 1.807) is 11.7 Å². The van der Waals surface area contributed by atoms with Crippen molar-refractivity contribution in [1.29, 1.82) is 0 Å². The Labute approximate surface area is 201 Å². The summed E-state index contributed by atoms with van der Waals surface area (Å²) in [6.07, 6.45) is 2.31. The number of aliphatic hydroxyl groups is 1. The Balaban J connectivity index is 2.00. The summed E-state index contributed by atoms with van der Waals surface area (Å²) in [4.78, 5) is 2.20. The van der Waals surface area contributed by atoms with Crippen LogP contribution < -0.4 is 4.74 Å². The summed E-state index contributed by atoms with van der Waals surface area (Å²) < 4.78 is 35.4. The number of aryl methyl sites for hydroxylation is 1. The Hall–Kier alpha value is -2.77. The van der Waals surface area contributed by atoms with E-state index < -0.39 is 17.7 Å². The van der Waals surface area contributed by atoms with Gasteiger partial charge in [0.1, 0.15) is 11.5 Å². The fraction of sp³-hybridized carbons (Fsp3) is 0.444. The van der Waals surface area contributed by atoms with Crippen LogP contribution in [0.2, 0.25) is 0 Å². The zero-order valence-corrected chi connectivity index (χ0v) is 20.5. The van der Waals surface area contributed by atoms with Crippen LogP contribution >= 0.6 is 0 Å². The van der Waals surface area contributed by atoms with E-state index >= 15 is 0 Å². The molecular weight excluding hydrogens is 436 g/mol. The van der Waals surface area contributed by atoms with E-state index in [-0.39, 0.29) is 5.75 Å². The summed E-state index contributed by atoms with van der Waals surface area (Å²) in [5, 5.41) is 15.3.